The fraction of sp³-hybridized carbons (Fsp3) is 0.364. The van der Waals surface area contributed by atoms with Gasteiger partial charge in [-0.15, -0.1) is 0 Å². The van der Waals surface area contributed by atoms with E-state index in [1.807, 2.05) is 13.8 Å². The third-order valence-electron chi connectivity index (χ3n) is 2.20. The first kappa shape index (κ1) is 11.5. The van der Waals surface area contributed by atoms with Crippen molar-refractivity contribution in [3.8, 4) is 0 Å². The monoisotopic (exact) mass is 210 g/mol. The Labute approximate surface area is 88.5 Å². The molecule has 0 spiro atoms. The van der Waals surface area contributed by atoms with Crippen LogP contribution in [-0.2, 0) is 4.79 Å². The van der Waals surface area contributed by atoms with Crippen LogP contribution in [0.25, 0.3) is 0 Å². The molecule has 15 heavy (non-hydrogen) atoms. The summed E-state index contributed by atoms with van der Waals surface area (Å²) in [7, 11) is 0. The lowest BCUT2D eigenvalue weighted by Crippen LogP contribution is -2.35. The molecule has 1 atom stereocenters. The Hall–Kier alpha value is -1.58. The van der Waals surface area contributed by atoms with E-state index in [-0.39, 0.29) is 5.82 Å². The number of benzene rings is 1. The van der Waals surface area contributed by atoms with Gasteiger partial charge in [-0.25, -0.2) is 4.39 Å². The van der Waals surface area contributed by atoms with E-state index in [0.29, 0.717) is 12.1 Å². The normalized spacial score (nSPS) is 12.2. The highest BCUT2D eigenvalue weighted by atomic mass is 19.1. The average molecular weight is 210 g/mol. The van der Waals surface area contributed by atoms with Crippen LogP contribution in [0, 0.1) is 12.7 Å². The standard InChI is InChI=1S/C11H15FN2O/c1-3-9(11(13)15)14-10-6-7(2)4-5-8(10)12/h4-6,9,14H,3H2,1-2H3,(H2,13,15). The highest BCUT2D eigenvalue weighted by molar-refractivity contribution is 5.82. The topological polar surface area (TPSA) is 55.1 Å². The van der Waals surface area contributed by atoms with Gasteiger partial charge in [-0.1, -0.05) is 13.0 Å². The highest BCUT2D eigenvalue weighted by Crippen LogP contribution is 2.17. The molecule has 0 radical (unpaired) electrons. The second-order valence-electron chi connectivity index (χ2n) is 3.49. The van der Waals surface area contributed by atoms with Crippen LogP contribution in [0.3, 0.4) is 0 Å². The molecule has 1 unspecified atom stereocenters. The number of anilines is 1. The highest BCUT2D eigenvalue weighted by Gasteiger charge is 2.14. The minimum Gasteiger partial charge on any atom is -0.371 e. The van der Waals surface area contributed by atoms with E-state index in [0.717, 1.165) is 5.56 Å². The van der Waals surface area contributed by atoms with Gasteiger partial charge < -0.3 is 11.1 Å². The Kier molecular flexibility index (Phi) is 3.66. The summed E-state index contributed by atoms with van der Waals surface area (Å²) in [6.07, 6.45) is 0.530. The van der Waals surface area contributed by atoms with Gasteiger partial charge in [0, 0.05) is 0 Å². The van der Waals surface area contributed by atoms with E-state index in [4.69, 9.17) is 5.73 Å². The SMILES string of the molecule is CCC(Nc1cc(C)ccc1F)C(N)=O. The Morgan fingerprint density at radius 2 is 2.27 bits per heavy atom. The number of aryl methyl sites for hydroxylation is 1. The van der Waals surface area contributed by atoms with Crippen molar-refractivity contribution in [2.24, 2.45) is 5.73 Å². The summed E-state index contributed by atoms with van der Waals surface area (Å²) in [5, 5.41) is 2.79. The van der Waals surface area contributed by atoms with Gasteiger partial charge in [0.1, 0.15) is 11.9 Å². The first-order chi connectivity index (χ1) is 7.04. The lowest BCUT2D eigenvalue weighted by molar-refractivity contribution is -0.118. The zero-order chi connectivity index (χ0) is 11.4. The summed E-state index contributed by atoms with van der Waals surface area (Å²) < 4.78 is 13.3. The van der Waals surface area contributed by atoms with Gasteiger partial charge in [-0.2, -0.15) is 0 Å². The molecule has 1 aromatic rings. The molecule has 1 aromatic carbocycles. The summed E-state index contributed by atoms with van der Waals surface area (Å²) in [5.41, 5.74) is 6.41. The van der Waals surface area contributed by atoms with Crippen molar-refractivity contribution in [3.63, 3.8) is 0 Å². The molecule has 0 fully saturated rings. The predicted molar refractivity (Wildman–Crippen MR) is 58.0 cm³/mol. The third kappa shape index (κ3) is 2.94. The van der Waals surface area contributed by atoms with Gasteiger partial charge in [-0.05, 0) is 31.0 Å². The van der Waals surface area contributed by atoms with Crippen LogP contribution in [0.4, 0.5) is 10.1 Å². The summed E-state index contributed by atoms with van der Waals surface area (Å²) in [5.74, 6) is -0.848. The maximum Gasteiger partial charge on any atom is 0.239 e. The third-order valence-corrected chi connectivity index (χ3v) is 2.20. The molecule has 0 aliphatic carbocycles. The summed E-state index contributed by atoms with van der Waals surface area (Å²) in [4.78, 5) is 11.0. The molecule has 0 aliphatic heterocycles. The summed E-state index contributed by atoms with van der Waals surface area (Å²) in [6.45, 7) is 3.67. The largest absolute Gasteiger partial charge is 0.371 e. The lowest BCUT2D eigenvalue weighted by atomic mass is 10.1. The second-order valence-corrected chi connectivity index (χ2v) is 3.49. The molecule has 0 saturated carbocycles. The number of carbonyl (C=O) groups excluding carboxylic acids is 1. The molecule has 4 heteroatoms. The number of amides is 1. The Morgan fingerprint density at radius 3 is 2.80 bits per heavy atom. The van der Waals surface area contributed by atoms with E-state index in [9.17, 15) is 9.18 Å². The van der Waals surface area contributed by atoms with Crippen molar-refractivity contribution < 1.29 is 9.18 Å². The minimum atomic E-state index is -0.527. The second kappa shape index (κ2) is 4.77. The van der Waals surface area contributed by atoms with E-state index < -0.39 is 11.9 Å². The van der Waals surface area contributed by atoms with Crippen molar-refractivity contribution >= 4 is 11.6 Å². The molecule has 82 valence electrons. The zero-order valence-corrected chi connectivity index (χ0v) is 8.88. The molecular formula is C11H15FN2O. The lowest BCUT2D eigenvalue weighted by Gasteiger charge is -2.15. The van der Waals surface area contributed by atoms with Crippen LogP contribution in [0.15, 0.2) is 18.2 Å². The van der Waals surface area contributed by atoms with Gasteiger partial charge in [-0.3, -0.25) is 4.79 Å². The molecular weight excluding hydrogens is 195 g/mol. The molecule has 0 heterocycles. The van der Waals surface area contributed by atoms with Crippen molar-refractivity contribution in [3.05, 3.63) is 29.6 Å². The van der Waals surface area contributed by atoms with E-state index >= 15 is 0 Å². The fourth-order valence-corrected chi connectivity index (χ4v) is 1.31. The van der Waals surface area contributed by atoms with E-state index in [2.05, 4.69) is 5.32 Å². The number of halogens is 1. The van der Waals surface area contributed by atoms with Crippen LogP contribution in [0.2, 0.25) is 0 Å². The molecule has 0 aromatic heterocycles. The van der Waals surface area contributed by atoms with Crippen LogP contribution in [0.1, 0.15) is 18.9 Å². The van der Waals surface area contributed by atoms with Crippen LogP contribution >= 0.6 is 0 Å². The number of nitrogens with one attached hydrogen (secondary N) is 1. The quantitative estimate of drug-likeness (QED) is 0.796. The van der Waals surface area contributed by atoms with Gasteiger partial charge in [0.15, 0.2) is 0 Å². The van der Waals surface area contributed by atoms with Crippen LogP contribution in [-0.4, -0.2) is 11.9 Å². The maximum atomic E-state index is 13.3. The summed E-state index contributed by atoms with van der Waals surface area (Å²) in [6, 6.07) is 4.17. The van der Waals surface area contributed by atoms with Gasteiger partial charge in [0.25, 0.3) is 0 Å². The molecule has 3 N–H and O–H groups in total. The van der Waals surface area contributed by atoms with E-state index in [1.54, 1.807) is 12.1 Å². The number of primary amides is 1. The Bertz CT molecular complexity index is 366. The molecule has 0 aliphatic rings. The smallest absolute Gasteiger partial charge is 0.239 e. The zero-order valence-electron chi connectivity index (χ0n) is 8.88. The number of carbonyl (C=O) groups is 1. The van der Waals surface area contributed by atoms with E-state index in [1.165, 1.54) is 6.07 Å². The Balaban J connectivity index is 2.87. The molecule has 0 saturated heterocycles. The molecule has 1 amide bonds. The summed E-state index contributed by atoms with van der Waals surface area (Å²) >= 11 is 0. The molecule has 3 nitrogen and oxygen atoms in total. The molecule has 0 bridgehead atoms. The average Bonchev–Trinajstić information content (AvgIpc) is 2.18. The number of rotatable bonds is 4. The predicted octanol–water partition coefficient (Wildman–Crippen LogP) is 1.81. The Morgan fingerprint density at radius 1 is 1.60 bits per heavy atom. The molecule has 1 rings (SSSR count). The maximum absolute atomic E-state index is 13.3. The van der Waals surface area contributed by atoms with Gasteiger partial charge in [0.2, 0.25) is 5.91 Å². The van der Waals surface area contributed by atoms with Crippen molar-refractivity contribution in [1.29, 1.82) is 0 Å². The first-order valence-corrected chi connectivity index (χ1v) is 4.86. The van der Waals surface area contributed by atoms with Crippen LogP contribution < -0.4 is 11.1 Å². The van der Waals surface area contributed by atoms with Crippen molar-refractivity contribution in [1.82, 2.24) is 0 Å². The fourth-order valence-electron chi connectivity index (χ4n) is 1.31. The minimum absolute atomic E-state index is 0.320. The number of hydrogen-bond donors (Lipinski definition) is 2. The van der Waals surface area contributed by atoms with Crippen LogP contribution in [0.5, 0.6) is 0 Å². The van der Waals surface area contributed by atoms with Crippen molar-refractivity contribution in [2.45, 2.75) is 26.3 Å². The van der Waals surface area contributed by atoms with Gasteiger partial charge in [0.05, 0.1) is 5.69 Å². The number of hydrogen-bond acceptors (Lipinski definition) is 2. The first-order valence-electron chi connectivity index (χ1n) is 4.86. The number of nitrogens with two attached hydrogens (primary N) is 1. The van der Waals surface area contributed by atoms with Crippen molar-refractivity contribution in [2.75, 3.05) is 5.32 Å². The van der Waals surface area contributed by atoms with Gasteiger partial charge >= 0.3 is 0 Å².